The molecule has 27 heteroatoms. The van der Waals surface area contributed by atoms with E-state index in [0.29, 0.717) is 48.7 Å². The summed E-state index contributed by atoms with van der Waals surface area (Å²) in [5.74, 6) is 7.25. The van der Waals surface area contributed by atoms with Crippen LogP contribution in [0.2, 0.25) is 34.7 Å². The summed E-state index contributed by atoms with van der Waals surface area (Å²) >= 11 is 26.3. The number of hydrogen-bond donors (Lipinski definition) is 5. The van der Waals surface area contributed by atoms with E-state index in [9.17, 15) is 43.1 Å². The molecule has 0 bridgehead atoms. The number of para-hydroxylation sites is 3. The van der Waals surface area contributed by atoms with Crippen LogP contribution < -0.4 is 23.2 Å². The summed E-state index contributed by atoms with van der Waals surface area (Å²) in [7, 11) is -10.3. The second-order valence-electron chi connectivity index (χ2n) is 22.2. The molecule has 3 aromatic heterocycles. The predicted octanol–water partition coefficient (Wildman–Crippen LogP) is 20.7. The Morgan fingerprint density at radius 2 is 0.862 bits per heavy atom. The Balaban J connectivity index is 0.000000243. The number of carbonyl (C=O) groups excluding carboxylic acids is 3. The first-order chi connectivity index (χ1) is 44.3. The molecule has 0 saturated carbocycles. The molecule has 9 rings (SSSR count). The molecule has 0 fully saturated rings. The topological polar surface area (TPSA) is 288 Å². The highest BCUT2D eigenvalue weighted by Crippen LogP contribution is 2.61. The molecule has 6 aromatic carbocycles. The average Bonchev–Trinajstić information content (AvgIpc) is 1.60. The Morgan fingerprint density at radius 1 is 0.564 bits per heavy atom. The minimum atomic E-state index is -3.71. The summed E-state index contributed by atoms with van der Waals surface area (Å²) in [5, 5.41) is 20.7. The van der Waals surface area contributed by atoms with Gasteiger partial charge in [-0.15, -0.1) is 49.3 Å². The summed E-state index contributed by atoms with van der Waals surface area (Å²) < 4.78 is 53.2. The van der Waals surface area contributed by atoms with Crippen LogP contribution in [-0.2, 0) is 37.1 Å². The Labute approximate surface area is 584 Å². The molecule has 9 N–H and O–H groups in total. The van der Waals surface area contributed by atoms with Crippen molar-refractivity contribution in [3.8, 4) is 0 Å². The van der Waals surface area contributed by atoms with E-state index in [1.165, 1.54) is 66.1 Å². The first kappa shape index (κ1) is 79.2. The van der Waals surface area contributed by atoms with Crippen molar-refractivity contribution < 1.29 is 46.9 Å². The quantitative estimate of drug-likeness (QED) is 0.00757. The second kappa shape index (κ2) is 36.7. The van der Waals surface area contributed by atoms with E-state index in [-0.39, 0.29) is 55.5 Å². The van der Waals surface area contributed by atoms with Crippen LogP contribution in [0.4, 0.5) is 17.1 Å². The third-order valence-corrected chi connectivity index (χ3v) is 23.4. The van der Waals surface area contributed by atoms with Gasteiger partial charge in [0.1, 0.15) is 23.7 Å². The highest BCUT2D eigenvalue weighted by Gasteiger charge is 2.40. The van der Waals surface area contributed by atoms with Crippen LogP contribution in [0.5, 0.6) is 0 Å². The molecule has 3 heterocycles. The van der Waals surface area contributed by atoms with Gasteiger partial charge in [0.05, 0.1) is 23.7 Å². The molecule has 0 saturated heterocycles. The molecule has 500 valence electrons. The van der Waals surface area contributed by atoms with Gasteiger partial charge in [-0.3, -0.25) is 49.9 Å². The average molecular weight is 1530 g/mol. The first-order valence-electron chi connectivity index (χ1n) is 29.1. The number of allylic oxidation sites excluding steroid dienone is 3. The number of rotatable bonds is 23. The number of thiophene rings is 3. The van der Waals surface area contributed by atoms with E-state index in [1.807, 2.05) is 83.6 Å². The van der Waals surface area contributed by atoms with Gasteiger partial charge >= 0.3 is 0 Å². The summed E-state index contributed by atoms with van der Waals surface area (Å²) in [6.45, 7) is 14.2. The number of fused-ring (bicyclic) bond motifs is 3. The zero-order valence-corrected chi connectivity index (χ0v) is 62.9. The van der Waals surface area contributed by atoms with E-state index < -0.39 is 50.7 Å². The second-order valence-corrected chi connectivity index (χ2v) is 45.1. The number of nitrogens with zero attached hydrogens (tertiary/aromatic N) is 1. The van der Waals surface area contributed by atoms with Crippen molar-refractivity contribution in [1.29, 1.82) is 0 Å². The molecule has 16 nitrogen and oxygen atoms in total. The lowest BCUT2D eigenvalue weighted by Crippen LogP contribution is -2.13. The van der Waals surface area contributed by atoms with Crippen LogP contribution in [0, 0.1) is 10.1 Å². The number of Topliss-reactive ketones (excluding diaryl/α,β-unsaturated/α-hetero) is 3. The van der Waals surface area contributed by atoms with Crippen LogP contribution in [0.3, 0.4) is 0 Å². The van der Waals surface area contributed by atoms with E-state index in [2.05, 4.69) is 46.6 Å². The van der Waals surface area contributed by atoms with E-state index in [0.717, 1.165) is 41.4 Å². The Bertz CT molecular complexity index is 4360. The van der Waals surface area contributed by atoms with E-state index in [1.54, 1.807) is 98.1 Å². The largest absolute Gasteiger partial charge is 0.398 e. The number of halogens is 4. The van der Waals surface area contributed by atoms with Crippen molar-refractivity contribution >= 4 is 196 Å². The lowest BCUT2D eigenvalue weighted by molar-refractivity contribution is -0.385. The van der Waals surface area contributed by atoms with Gasteiger partial charge in [0.15, 0.2) is 17.3 Å². The zero-order chi connectivity index (χ0) is 69.7. The molecule has 6 unspecified atom stereocenters. The minimum absolute atomic E-state index is 0.0370. The number of hydrogen-bond acceptors (Lipinski definition) is 17. The highest BCUT2D eigenvalue weighted by atomic mass is 79.9. The molecule has 0 spiro atoms. The smallest absolute Gasteiger partial charge is 0.276 e. The number of nitro groups is 1. The molecule has 9 aromatic rings. The van der Waals surface area contributed by atoms with Gasteiger partial charge in [-0.25, -0.2) is 0 Å². The van der Waals surface area contributed by atoms with Gasteiger partial charge in [-0.05, 0) is 147 Å². The maximum atomic E-state index is 13.4. The third-order valence-electron chi connectivity index (χ3n) is 13.7. The van der Waals surface area contributed by atoms with Gasteiger partial charge in [0, 0.05) is 85.9 Å². The van der Waals surface area contributed by atoms with Crippen molar-refractivity contribution in [1.82, 2.24) is 0 Å². The molecular formula is C67H76BrCl3N5O11P3S3Si. The van der Waals surface area contributed by atoms with Crippen molar-refractivity contribution in [2.75, 3.05) is 44.7 Å². The normalized spacial score (nSPS) is 14.4. The van der Waals surface area contributed by atoms with Crippen molar-refractivity contribution in [3.63, 3.8) is 0 Å². The summed E-state index contributed by atoms with van der Waals surface area (Å²) in [6, 6.07) is 37.3. The highest BCUT2D eigenvalue weighted by molar-refractivity contribution is 9.26. The van der Waals surface area contributed by atoms with Crippen molar-refractivity contribution in [2.24, 2.45) is 11.7 Å². The third kappa shape index (κ3) is 23.1. The SMILES string of the molecule is CCOP(C)(=O)C(C(=O)C/C=C/c1ccccc1N)c1csc2ccc(Cl)cc12.CCOP(C)(=O)C(C(=O)C/C=C/c1ccccc1[N+](=O)[O-])c1csc2ccc(Cl)cc12.CP(=O)(O)C(C(=O)C/C=C/c1ccccc1N)c1csc2ccc(Cl)cc12.C[Si](C)(C)Br.NN. The molecule has 0 aliphatic rings. The maximum absolute atomic E-state index is 13.4. The van der Waals surface area contributed by atoms with Gasteiger partial charge < -0.3 is 25.4 Å². The van der Waals surface area contributed by atoms with Crippen LogP contribution >= 0.6 is 106 Å². The van der Waals surface area contributed by atoms with E-state index in [4.69, 9.17) is 55.3 Å². The fraction of sp³-hybridized carbons (Fsp3) is 0.239. The Hall–Kier alpha value is -5.51. The maximum Gasteiger partial charge on any atom is 0.276 e. The number of nitrogens with two attached hydrogens (primary N) is 4. The zero-order valence-electron chi connectivity index (χ0n) is 53.0. The Morgan fingerprint density at radius 3 is 1.18 bits per heavy atom. The summed E-state index contributed by atoms with van der Waals surface area (Å²) in [5.41, 5.74) is 14.1. The predicted molar refractivity (Wildman–Crippen MR) is 406 cm³/mol. The number of hydrazine groups is 1. The Kier molecular flexibility index (Phi) is 30.9. The van der Waals surface area contributed by atoms with Crippen molar-refractivity contribution in [2.45, 2.75) is 69.7 Å². The number of anilines is 2. The molecule has 0 amide bonds. The van der Waals surface area contributed by atoms with E-state index >= 15 is 0 Å². The molecule has 6 atom stereocenters. The van der Waals surface area contributed by atoms with Crippen LogP contribution in [0.15, 0.2) is 162 Å². The lowest BCUT2D eigenvalue weighted by Gasteiger charge is -2.22. The number of ketones is 3. The van der Waals surface area contributed by atoms with Gasteiger partial charge in [0.2, 0.25) is 22.1 Å². The van der Waals surface area contributed by atoms with Gasteiger partial charge in [-0.1, -0.05) is 139 Å². The molecular weight excluding hydrogens is 1450 g/mol. The number of nitrogen functional groups attached to an aromatic ring is 2. The van der Waals surface area contributed by atoms with Gasteiger partial charge in [-0.2, -0.15) is 0 Å². The standard InChI is InChI=1S/C22H21ClNO5PS.C22H23ClNO3PS.C20H19ClNO3PS.C3H9BrSi.H4N2/c1-3-29-30(2,28)22(18-14-31-21-12-11-16(23)13-17(18)21)20(25)10-6-8-15-7-4-5-9-19(15)24(26)27;1-3-27-28(2,26)22(18-14-29-21-12-11-16(23)13-17(18)21)20(25)10-6-8-15-7-4-5-9-19(15)24;1-26(24,25)20(16-12-27-19-10-9-14(21)11-15(16)19)18(23)8-4-6-13-5-2-3-7-17(13)22;1-5(2,3)4;1-2/h4-9,11-14,22H,3,10H2,1-2H3;4-9,11-14,22H,3,10,24H2,1-2H3;2-7,9-12,20H,8,22H2,1H3,(H,24,25);1-3H3;1-2H2/b2*8-6+;6-4+;;. The summed E-state index contributed by atoms with van der Waals surface area (Å²) in [4.78, 5) is 60.3. The van der Waals surface area contributed by atoms with Crippen molar-refractivity contribution in [3.05, 3.63) is 220 Å². The van der Waals surface area contributed by atoms with Gasteiger partial charge in [0.25, 0.3) is 5.69 Å². The monoisotopic (exact) mass is 1530 g/mol. The van der Waals surface area contributed by atoms with Crippen LogP contribution in [0.1, 0.15) is 83.5 Å². The first-order valence-corrected chi connectivity index (χ1v) is 45.1. The molecule has 0 aliphatic carbocycles. The number of carbonyl (C=O) groups is 3. The lowest BCUT2D eigenvalue weighted by atomic mass is 10.0. The molecule has 0 aliphatic heterocycles. The number of benzene rings is 6. The van der Waals surface area contributed by atoms with Crippen LogP contribution in [-0.4, -0.2) is 67.1 Å². The minimum Gasteiger partial charge on any atom is -0.398 e. The summed E-state index contributed by atoms with van der Waals surface area (Å²) in [6.07, 6.45) is 10.2. The molecule has 94 heavy (non-hydrogen) atoms. The van der Waals surface area contributed by atoms with Crippen LogP contribution in [0.25, 0.3) is 48.5 Å². The molecule has 0 radical (unpaired) electrons. The number of nitro benzene ring substituents is 1. The fourth-order valence-electron chi connectivity index (χ4n) is 9.80. The fourth-order valence-corrected chi connectivity index (χ4v) is 18.9.